The van der Waals surface area contributed by atoms with Crippen LogP contribution in [0.2, 0.25) is 0 Å². The molecule has 0 unspecified atom stereocenters. The number of ether oxygens (including phenoxy) is 1. The van der Waals surface area contributed by atoms with Gasteiger partial charge in [0.05, 0.1) is 24.7 Å². The number of rotatable bonds is 3. The quantitative estimate of drug-likeness (QED) is 0.785. The Bertz CT molecular complexity index is 990. The molecule has 0 bridgehead atoms. The number of carbonyl (C=O) groups is 1. The van der Waals surface area contributed by atoms with Gasteiger partial charge < -0.3 is 10.5 Å². The number of aromatic nitrogens is 3. The minimum absolute atomic E-state index is 0.00619. The third kappa shape index (κ3) is 2.17. The molecule has 120 valence electrons. The highest BCUT2D eigenvalue weighted by Gasteiger charge is 2.21. The van der Waals surface area contributed by atoms with Crippen LogP contribution < -0.4 is 10.5 Å². The Morgan fingerprint density at radius 2 is 2.12 bits per heavy atom. The summed E-state index contributed by atoms with van der Waals surface area (Å²) in [5, 5.41) is 4.41. The van der Waals surface area contributed by atoms with Gasteiger partial charge in [-0.15, -0.1) is 5.10 Å². The minimum Gasteiger partial charge on any atom is -0.480 e. The number of methoxy groups -OCH3 is 1. The van der Waals surface area contributed by atoms with Crippen LogP contribution in [0.1, 0.15) is 15.9 Å². The average Bonchev–Trinajstić information content (AvgIpc) is 3.04. The maximum Gasteiger partial charge on any atom is 0.231 e. The van der Waals surface area contributed by atoms with E-state index in [9.17, 15) is 4.79 Å². The number of ketones is 1. The molecule has 3 heterocycles. The lowest BCUT2D eigenvalue weighted by Crippen LogP contribution is -2.25. The third-order valence-electron chi connectivity index (χ3n) is 4.08. The molecule has 1 aliphatic heterocycles. The first-order valence-electron chi connectivity index (χ1n) is 7.51. The number of Topliss-reactive ketones (excluding diaryl/α,β-unsaturated/α-hetero) is 1. The molecule has 2 aromatic heterocycles. The van der Waals surface area contributed by atoms with E-state index in [4.69, 9.17) is 10.5 Å². The third-order valence-corrected chi connectivity index (χ3v) is 4.08. The summed E-state index contributed by atoms with van der Waals surface area (Å²) in [6, 6.07) is 9.22. The summed E-state index contributed by atoms with van der Waals surface area (Å²) >= 11 is 0. The van der Waals surface area contributed by atoms with E-state index in [2.05, 4.69) is 15.1 Å². The maximum atomic E-state index is 12.0. The Morgan fingerprint density at radius 1 is 1.25 bits per heavy atom. The molecule has 1 aromatic carbocycles. The Labute approximate surface area is 137 Å². The molecule has 7 heteroatoms. The highest BCUT2D eigenvalue weighted by molar-refractivity contribution is 6.16. The van der Waals surface area contributed by atoms with E-state index in [0.717, 1.165) is 22.5 Å². The van der Waals surface area contributed by atoms with E-state index in [-0.39, 0.29) is 12.3 Å². The van der Waals surface area contributed by atoms with E-state index in [1.54, 1.807) is 23.9 Å². The molecule has 7 nitrogen and oxygen atoms in total. The molecule has 0 amide bonds. The zero-order valence-electron chi connectivity index (χ0n) is 13.1. The molecule has 0 saturated carbocycles. The lowest BCUT2D eigenvalue weighted by molar-refractivity contribution is 0.1000. The summed E-state index contributed by atoms with van der Waals surface area (Å²) in [6.07, 6.45) is 1.74. The Morgan fingerprint density at radius 3 is 2.92 bits per heavy atom. The lowest BCUT2D eigenvalue weighted by Gasteiger charge is -2.16. The monoisotopic (exact) mass is 321 g/mol. The smallest absolute Gasteiger partial charge is 0.231 e. The Hall–Kier alpha value is -3.06. The maximum absolute atomic E-state index is 12.0. The lowest BCUT2D eigenvalue weighted by atomic mass is 9.94. The Kier molecular flexibility index (Phi) is 3.35. The highest BCUT2D eigenvalue weighted by atomic mass is 16.5. The van der Waals surface area contributed by atoms with Gasteiger partial charge >= 0.3 is 0 Å². The standard InChI is InChI=1S/C17H15N5O2/c1-24-17-5-4-16-20-8-14(22(16)21-17)10-2-3-11-12(6-10)13(7-18)19-9-15(11)23/h2-6,8H,7,9,18H2,1H3. The molecule has 0 aliphatic carbocycles. The second kappa shape index (κ2) is 5.54. The SMILES string of the molecule is COc1ccc2ncc(-c3ccc4c(c3)C(CN)=NCC4=O)n2n1. The van der Waals surface area contributed by atoms with Crippen molar-refractivity contribution in [1.82, 2.24) is 14.6 Å². The van der Waals surface area contributed by atoms with Crippen molar-refractivity contribution >= 4 is 17.1 Å². The molecule has 0 spiro atoms. The van der Waals surface area contributed by atoms with Gasteiger partial charge in [-0.25, -0.2) is 9.50 Å². The first kappa shape index (κ1) is 14.5. The number of nitrogens with zero attached hydrogens (tertiary/aromatic N) is 4. The summed E-state index contributed by atoms with van der Waals surface area (Å²) in [4.78, 5) is 20.7. The fourth-order valence-corrected chi connectivity index (χ4v) is 2.86. The molecule has 0 fully saturated rings. The van der Waals surface area contributed by atoms with E-state index in [1.807, 2.05) is 24.3 Å². The van der Waals surface area contributed by atoms with E-state index < -0.39 is 0 Å². The van der Waals surface area contributed by atoms with Crippen molar-refractivity contribution in [3.8, 4) is 17.1 Å². The van der Waals surface area contributed by atoms with Gasteiger partial charge in [-0.3, -0.25) is 9.79 Å². The molecule has 0 radical (unpaired) electrons. The van der Waals surface area contributed by atoms with Gasteiger partial charge in [-0.05, 0) is 18.2 Å². The molecule has 24 heavy (non-hydrogen) atoms. The van der Waals surface area contributed by atoms with Gasteiger partial charge in [0.2, 0.25) is 5.88 Å². The molecular formula is C17H15N5O2. The summed E-state index contributed by atoms with van der Waals surface area (Å²) in [6.45, 7) is 0.455. The molecule has 3 aromatic rings. The summed E-state index contributed by atoms with van der Waals surface area (Å²) in [5.74, 6) is 0.505. The fourth-order valence-electron chi connectivity index (χ4n) is 2.86. The summed E-state index contributed by atoms with van der Waals surface area (Å²) in [7, 11) is 1.57. The number of imidazole rings is 1. The molecule has 2 N–H and O–H groups in total. The predicted molar refractivity (Wildman–Crippen MR) is 89.8 cm³/mol. The number of carbonyl (C=O) groups excluding carboxylic acids is 1. The zero-order chi connectivity index (χ0) is 16.7. The van der Waals surface area contributed by atoms with Crippen molar-refractivity contribution in [1.29, 1.82) is 0 Å². The number of hydrogen-bond donors (Lipinski definition) is 1. The number of nitrogens with two attached hydrogens (primary N) is 1. The molecule has 0 atom stereocenters. The number of benzene rings is 1. The van der Waals surface area contributed by atoms with Crippen molar-refractivity contribution in [3.63, 3.8) is 0 Å². The first-order valence-corrected chi connectivity index (χ1v) is 7.51. The predicted octanol–water partition coefficient (Wildman–Crippen LogP) is 1.35. The van der Waals surface area contributed by atoms with Crippen LogP contribution in [0, 0.1) is 0 Å². The second-order valence-electron chi connectivity index (χ2n) is 5.44. The van der Waals surface area contributed by atoms with Crippen LogP contribution in [-0.2, 0) is 0 Å². The topological polar surface area (TPSA) is 94.9 Å². The van der Waals surface area contributed by atoms with Crippen LogP contribution in [0.15, 0.2) is 41.5 Å². The van der Waals surface area contributed by atoms with Gasteiger partial charge in [0.15, 0.2) is 11.4 Å². The van der Waals surface area contributed by atoms with E-state index in [1.165, 1.54) is 0 Å². The number of hydrogen-bond acceptors (Lipinski definition) is 6. The van der Waals surface area contributed by atoms with E-state index >= 15 is 0 Å². The van der Waals surface area contributed by atoms with Gasteiger partial charge in [0.25, 0.3) is 0 Å². The first-order chi connectivity index (χ1) is 11.7. The molecular weight excluding hydrogens is 306 g/mol. The number of fused-ring (bicyclic) bond motifs is 2. The molecule has 4 rings (SSSR count). The van der Waals surface area contributed by atoms with Crippen molar-refractivity contribution in [2.45, 2.75) is 0 Å². The van der Waals surface area contributed by atoms with Crippen molar-refractivity contribution in [3.05, 3.63) is 47.7 Å². The molecule has 0 saturated heterocycles. The van der Waals surface area contributed by atoms with Crippen LogP contribution in [0.4, 0.5) is 0 Å². The minimum atomic E-state index is 0.00619. The van der Waals surface area contributed by atoms with Crippen LogP contribution in [0.5, 0.6) is 5.88 Å². The summed E-state index contributed by atoms with van der Waals surface area (Å²) < 4.78 is 6.89. The van der Waals surface area contributed by atoms with Crippen molar-refractivity contribution < 1.29 is 9.53 Å². The fraction of sp³-hybridized carbons (Fsp3) is 0.176. The largest absolute Gasteiger partial charge is 0.480 e. The van der Waals surface area contributed by atoms with Crippen LogP contribution in [-0.4, -0.2) is 46.3 Å². The van der Waals surface area contributed by atoms with Crippen LogP contribution >= 0.6 is 0 Å². The van der Waals surface area contributed by atoms with Crippen molar-refractivity contribution in [2.75, 3.05) is 20.2 Å². The highest BCUT2D eigenvalue weighted by Crippen LogP contribution is 2.26. The van der Waals surface area contributed by atoms with Gasteiger partial charge in [-0.1, -0.05) is 6.07 Å². The molecule has 1 aliphatic rings. The van der Waals surface area contributed by atoms with Gasteiger partial charge in [0.1, 0.15) is 6.54 Å². The van der Waals surface area contributed by atoms with Gasteiger partial charge in [0, 0.05) is 29.3 Å². The van der Waals surface area contributed by atoms with Crippen molar-refractivity contribution in [2.24, 2.45) is 10.7 Å². The zero-order valence-corrected chi connectivity index (χ0v) is 13.1. The number of aliphatic imine (C=N–C) groups is 1. The second-order valence-corrected chi connectivity index (χ2v) is 5.44. The van der Waals surface area contributed by atoms with Gasteiger partial charge in [-0.2, -0.15) is 0 Å². The normalized spacial score (nSPS) is 13.8. The van der Waals surface area contributed by atoms with Crippen LogP contribution in [0.3, 0.4) is 0 Å². The van der Waals surface area contributed by atoms with Crippen LogP contribution in [0.25, 0.3) is 16.9 Å². The Balaban J connectivity index is 1.90. The van der Waals surface area contributed by atoms with E-state index in [0.29, 0.717) is 23.6 Å². The summed E-state index contributed by atoms with van der Waals surface area (Å²) in [5.41, 5.74) is 10.4. The average molecular weight is 321 g/mol.